The predicted octanol–water partition coefficient (Wildman–Crippen LogP) is 5.20. The average Bonchev–Trinajstić information content (AvgIpc) is 2.80. The molecular weight excluding hydrogens is 349 g/mol. The molecule has 0 radical (unpaired) electrons. The Morgan fingerprint density at radius 1 is 1.37 bits per heavy atom. The lowest BCUT2D eigenvalue weighted by Crippen LogP contribution is -2.22. The van der Waals surface area contributed by atoms with Crippen molar-refractivity contribution in [2.24, 2.45) is 0 Å². The molecular formula is C14H14BrClFNS. The Bertz CT molecular complexity index is 558. The number of nitrogens with one attached hydrogen (secondary N) is 1. The van der Waals surface area contributed by atoms with Gasteiger partial charge in [-0.3, -0.25) is 0 Å². The van der Waals surface area contributed by atoms with Crippen LogP contribution >= 0.6 is 38.9 Å². The summed E-state index contributed by atoms with van der Waals surface area (Å²) in [6.45, 7) is 2.94. The van der Waals surface area contributed by atoms with E-state index in [0.717, 1.165) is 22.3 Å². The number of rotatable bonds is 5. The highest BCUT2D eigenvalue weighted by atomic mass is 79.9. The molecule has 1 aromatic carbocycles. The Balaban J connectivity index is 2.18. The first-order valence-corrected chi connectivity index (χ1v) is 8.01. The molecule has 5 heteroatoms. The van der Waals surface area contributed by atoms with Crippen molar-refractivity contribution in [1.29, 1.82) is 0 Å². The van der Waals surface area contributed by atoms with Crippen molar-refractivity contribution in [2.75, 3.05) is 6.54 Å². The molecule has 0 fully saturated rings. The fraction of sp³-hybridized carbons (Fsp3) is 0.286. The number of hydrogen-bond acceptors (Lipinski definition) is 2. The van der Waals surface area contributed by atoms with Gasteiger partial charge in [0, 0.05) is 10.9 Å². The lowest BCUT2D eigenvalue weighted by atomic mass is 10.0. The van der Waals surface area contributed by atoms with E-state index in [1.165, 1.54) is 10.9 Å². The molecule has 0 aliphatic heterocycles. The molecule has 0 aliphatic carbocycles. The standard InChI is InChI=1S/C14H14BrClFNS/c1-2-18-12(13-5-6-14(15)19-13)8-9-3-4-10(16)11(17)7-9/h3-7,12,18H,2,8H2,1H3. The van der Waals surface area contributed by atoms with Gasteiger partial charge in [0.15, 0.2) is 0 Å². The molecule has 0 amide bonds. The van der Waals surface area contributed by atoms with Crippen molar-refractivity contribution in [1.82, 2.24) is 5.32 Å². The van der Waals surface area contributed by atoms with E-state index in [4.69, 9.17) is 11.6 Å². The molecule has 2 aromatic rings. The molecule has 1 atom stereocenters. The minimum atomic E-state index is -0.359. The molecule has 1 unspecified atom stereocenters. The van der Waals surface area contributed by atoms with Crippen LogP contribution in [0.3, 0.4) is 0 Å². The number of hydrogen-bond donors (Lipinski definition) is 1. The van der Waals surface area contributed by atoms with Crippen LogP contribution in [0.4, 0.5) is 4.39 Å². The van der Waals surface area contributed by atoms with Gasteiger partial charge in [-0.2, -0.15) is 0 Å². The van der Waals surface area contributed by atoms with Gasteiger partial charge in [-0.05, 0) is 58.7 Å². The monoisotopic (exact) mass is 361 g/mol. The Morgan fingerprint density at radius 2 is 2.16 bits per heavy atom. The lowest BCUT2D eigenvalue weighted by Gasteiger charge is -2.16. The summed E-state index contributed by atoms with van der Waals surface area (Å²) in [5, 5.41) is 3.60. The first-order chi connectivity index (χ1) is 9.10. The Labute approximate surface area is 129 Å². The molecule has 0 spiro atoms. The SMILES string of the molecule is CCNC(Cc1ccc(Cl)c(F)c1)c1ccc(Br)s1. The van der Waals surface area contributed by atoms with Gasteiger partial charge >= 0.3 is 0 Å². The molecule has 2 rings (SSSR count). The third-order valence-corrected chi connectivity index (χ3v) is 4.86. The number of likely N-dealkylation sites (N-methyl/N-ethyl adjacent to an activating group) is 1. The van der Waals surface area contributed by atoms with Crippen LogP contribution in [0.5, 0.6) is 0 Å². The van der Waals surface area contributed by atoms with E-state index in [1.54, 1.807) is 17.4 Å². The topological polar surface area (TPSA) is 12.0 Å². The maximum atomic E-state index is 13.5. The van der Waals surface area contributed by atoms with E-state index >= 15 is 0 Å². The van der Waals surface area contributed by atoms with E-state index < -0.39 is 0 Å². The van der Waals surface area contributed by atoms with Crippen molar-refractivity contribution >= 4 is 38.9 Å². The molecule has 1 nitrogen and oxygen atoms in total. The second-order valence-corrected chi connectivity index (χ2v) is 7.11. The van der Waals surface area contributed by atoms with Gasteiger partial charge < -0.3 is 5.32 Å². The van der Waals surface area contributed by atoms with Crippen molar-refractivity contribution in [3.63, 3.8) is 0 Å². The van der Waals surface area contributed by atoms with Gasteiger partial charge in [-0.25, -0.2) is 4.39 Å². The lowest BCUT2D eigenvalue weighted by molar-refractivity contribution is 0.554. The summed E-state index contributed by atoms with van der Waals surface area (Å²) < 4.78 is 14.6. The quantitative estimate of drug-likeness (QED) is 0.771. The van der Waals surface area contributed by atoms with Gasteiger partial charge in [0.25, 0.3) is 0 Å². The maximum absolute atomic E-state index is 13.5. The molecule has 102 valence electrons. The van der Waals surface area contributed by atoms with Gasteiger partial charge in [0.1, 0.15) is 5.82 Å². The first kappa shape index (κ1) is 15.0. The summed E-state index contributed by atoms with van der Waals surface area (Å²) in [5.41, 5.74) is 0.942. The first-order valence-electron chi connectivity index (χ1n) is 6.02. The average molecular weight is 363 g/mol. The molecule has 0 bridgehead atoms. The fourth-order valence-electron chi connectivity index (χ4n) is 1.94. The molecule has 0 saturated heterocycles. The predicted molar refractivity (Wildman–Crippen MR) is 83.6 cm³/mol. The zero-order valence-corrected chi connectivity index (χ0v) is 13.6. The summed E-state index contributed by atoms with van der Waals surface area (Å²) in [6, 6.07) is 9.32. The summed E-state index contributed by atoms with van der Waals surface area (Å²) >= 11 is 10.9. The van der Waals surface area contributed by atoms with Gasteiger partial charge in [0.05, 0.1) is 8.81 Å². The summed E-state index contributed by atoms with van der Waals surface area (Å²) in [7, 11) is 0. The summed E-state index contributed by atoms with van der Waals surface area (Å²) in [6.07, 6.45) is 0.745. The van der Waals surface area contributed by atoms with E-state index in [9.17, 15) is 4.39 Å². The highest BCUT2D eigenvalue weighted by Gasteiger charge is 2.14. The minimum Gasteiger partial charge on any atom is -0.309 e. The number of benzene rings is 1. The van der Waals surface area contributed by atoms with Crippen LogP contribution in [0.1, 0.15) is 23.4 Å². The van der Waals surface area contributed by atoms with Crippen LogP contribution in [-0.4, -0.2) is 6.54 Å². The molecule has 0 aliphatic rings. The van der Waals surface area contributed by atoms with Crippen molar-refractivity contribution in [3.8, 4) is 0 Å². The number of halogens is 3. The zero-order valence-electron chi connectivity index (χ0n) is 10.4. The third-order valence-electron chi connectivity index (χ3n) is 2.81. The second kappa shape index (κ2) is 6.84. The van der Waals surface area contributed by atoms with Crippen molar-refractivity contribution in [3.05, 3.63) is 55.4 Å². The van der Waals surface area contributed by atoms with E-state index in [0.29, 0.717) is 0 Å². The molecule has 19 heavy (non-hydrogen) atoms. The van der Waals surface area contributed by atoms with Crippen LogP contribution in [0.2, 0.25) is 5.02 Å². The van der Waals surface area contributed by atoms with Gasteiger partial charge in [0.2, 0.25) is 0 Å². The Morgan fingerprint density at radius 3 is 2.74 bits per heavy atom. The van der Waals surface area contributed by atoms with E-state index in [1.807, 2.05) is 12.1 Å². The smallest absolute Gasteiger partial charge is 0.142 e. The second-order valence-electron chi connectivity index (χ2n) is 4.20. The summed E-state index contributed by atoms with van der Waals surface area (Å²) in [5.74, 6) is -0.359. The highest BCUT2D eigenvalue weighted by Crippen LogP contribution is 2.29. The zero-order chi connectivity index (χ0) is 13.8. The van der Waals surface area contributed by atoms with Crippen molar-refractivity contribution in [2.45, 2.75) is 19.4 Å². The molecule has 1 heterocycles. The van der Waals surface area contributed by atoms with E-state index in [-0.39, 0.29) is 16.9 Å². The largest absolute Gasteiger partial charge is 0.309 e. The van der Waals surface area contributed by atoms with Crippen LogP contribution in [0.15, 0.2) is 34.1 Å². The molecule has 0 saturated carbocycles. The molecule has 1 aromatic heterocycles. The van der Waals surface area contributed by atoms with Gasteiger partial charge in [-0.15, -0.1) is 11.3 Å². The Hall–Kier alpha value is -0.420. The van der Waals surface area contributed by atoms with Crippen molar-refractivity contribution < 1.29 is 4.39 Å². The third kappa shape index (κ3) is 4.02. The summed E-state index contributed by atoms with van der Waals surface area (Å²) in [4.78, 5) is 1.24. The minimum absolute atomic E-state index is 0.169. The van der Waals surface area contributed by atoms with Crippen LogP contribution in [0.25, 0.3) is 0 Å². The van der Waals surface area contributed by atoms with Crippen LogP contribution in [0, 0.1) is 5.82 Å². The van der Waals surface area contributed by atoms with Crippen LogP contribution in [-0.2, 0) is 6.42 Å². The maximum Gasteiger partial charge on any atom is 0.142 e. The fourth-order valence-corrected chi connectivity index (χ4v) is 3.55. The van der Waals surface area contributed by atoms with Crippen LogP contribution < -0.4 is 5.32 Å². The normalized spacial score (nSPS) is 12.6. The number of thiophene rings is 1. The van der Waals surface area contributed by atoms with E-state index in [2.05, 4.69) is 34.2 Å². The Kier molecular flexibility index (Phi) is 5.39. The molecule has 1 N–H and O–H groups in total. The van der Waals surface area contributed by atoms with Gasteiger partial charge in [-0.1, -0.05) is 24.6 Å². The highest BCUT2D eigenvalue weighted by molar-refractivity contribution is 9.11.